The van der Waals surface area contributed by atoms with Crippen LogP contribution in [0.3, 0.4) is 0 Å². The minimum absolute atomic E-state index is 0.872. The number of hydrogen-bond donors (Lipinski definition) is 0. The highest BCUT2D eigenvalue weighted by Crippen LogP contribution is 2.48. The average Bonchev–Trinajstić information content (AvgIpc) is 3.61. The number of imidazole rings is 1. The maximum absolute atomic E-state index is 5.32. The Morgan fingerprint density at radius 3 is 1.82 bits per heavy atom. The predicted octanol–water partition coefficient (Wildman–Crippen LogP) is 10.7. The molecular weight excluding hydrogens is 548 g/mol. The number of aromatic nitrogens is 3. The SMILES string of the molecule is c1cc(N2c3ccccc3-c3cc4ccccc4cc3-n3c2nc2ccccc23)cc(-n2c3ccccc3c3ccccc32)c1. The van der Waals surface area contributed by atoms with Crippen LogP contribution in [0, 0.1) is 0 Å². The van der Waals surface area contributed by atoms with Gasteiger partial charge in [0.05, 0.1) is 39.1 Å². The van der Waals surface area contributed by atoms with E-state index in [9.17, 15) is 0 Å². The second-order valence-electron chi connectivity index (χ2n) is 11.7. The molecule has 1 aliphatic heterocycles. The summed E-state index contributed by atoms with van der Waals surface area (Å²) in [6.45, 7) is 0. The van der Waals surface area contributed by atoms with Crippen molar-refractivity contribution in [3.63, 3.8) is 0 Å². The van der Waals surface area contributed by atoms with Crippen molar-refractivity contribution >= 4 is 60.9 Å². The standard InChI is InChI=1S/C41H26N4/c1-2-13-28-25-40-34(24-27(28)12-1)33-18-5-9-22-38(33)44(41-42-35-19-6-10-23-39(35)45(40)41)30-15-11-14-29(26-30)43-36-20-7-3-16-31(36)32-17-4-8-21-37(32)43/h1-26H. The Labute approximate surface area is 259 Å². The minimum atomic E-state index is 0.872. The molecule has 1 aliphatic rings. The zero-order valence-corrected chi connectivity index (χ0v) is 24.3. The van der Waals surface area contributed by atoms with E-state index in [2.05, 4.69) is 172 Å². The van der Waals surface area contributed by atoms with Gasteiger partial charge in [0.15, 0.2) is 0 Å². The van der Waals surface area contributed by atoms with Crippen LogP contribution in [0.15, 0.2) is 158 Å². The van der Waals surface area contributed by atoms with Crippen molar-refractivity contribution < 1.29 is 0 Å². The first kappa shape index (κ1) is 24.3. The molecule has 0 bridgehead atoms. The third-order valence-corrected chi connectivity index (χ3v) is 9.21. The normalized spacial score (nSPS) is 12.4. The molecule has 2 aromatic heterocycles. The fraction of sp³-hybridized carbons (Fsp3) is 0. The van der Waals surface area contributed by atoms with Crippen molar-refractivity contribution in [1.82, 2.24) is 14.1 Å². The molecule has 4 nitrogen and oxygen atoms in total. The van der Waals surface area contributed by atoms with E-state index in [-0.39, 0.29) is 0 Å². The summed E-state index contributed by atoms with van der Waals surface area (Å²) >= 11 is 0. The molecule has 3 heterocycles. The van der Waals surface area contributed by atoms with Crippen LogP contribution in [0.5, 0.6) is 0 Å². The van der Waals surface area contributed by atoms with Gasteiger partial charge >= 0.3 is 0 Å². The molecule has 4 heteroatoms. The molecule has 0 fully saturated rings. The summed E-state index contributed by atoms with van der Waals surface area (Å²) in [7, 11) is 0. The molecular formula is C41H26N4. The van der Waals surface area contributed by atoms with Gasteiger partial charge in [-0.25, -0.2) is 4.98 Å². The van der Waals surface area contributed by atoms with Gasteiger partial charge in [-0.3, -0.25) is 9.47 Å². The Kier molecular flexibility index (Phi) is 4.96. The summed E-state index contributed by atoms with van der Waals surface area (Å²) < 4.78 is 4.71. The van der Waals surface area contributed by atoms with E-state index in [1.54, 1.807) is 0 Å². The largest absolute Gasteiger partial charge is 0.309 e. The molecule has 0 aliphatic carbocycles. The summed E-state index contributed by atoms with van der Waals surface area (Å²) in [4.78, 5) is 7.65. The third kappa shape index (κ3) is 3.45. The van der Waals surface area contributed by atoms with Crippen LogP contribution in [-0.2, 0) is 0 Å². The second-order valence-corrected chi connectivity index (χ2v) is 11.7. The molecule has 0 saturated carbocycles. The van der Waals surface area contributed by atoms with E-state index >= 15 is 0 Å². The van der Waals surface area contributed by atoms with Crippen LogP contribution in [-0.4, -0.2) is 14.1 Å². The van der Waals surface area contributed by atoms with E-state index in [1.807, 2.05) is 0 Å². The minimum Gasteiger partial charge on any atom is -0.309 e. The van der Waals surface area contributed by atoms with Gasteiger partial charge in [-0.05, 0) is 71.4 Å². The van der Waals surface area contributed by atoms with Crippen molar-refractivity contribution in [3.05, 3.63) is 158 Å². The lowest BCUT2D eigenvalue weighted by molar-refractivity contribution is 1.05. The number of fused-ring (bicyclic) bond motifs is 11. The Balaban J connectivity index is 1.29. The van der Waals surface area contributed by atoms with Gasteiger partial charge in [-0.2, -0.15) is 0 Å². The number of benzene rings is 7. The van der Waals surface area contributed by atoms with Gasteiger partial charge in [-0.1, -0.05) is 97.1 Å². The maximum Gasteiger partial charge on any atom is 0.220 e. The summed E-state index contributed by atoms with van der Waals surface area (Å²) in [5.41, 5.74) is 11.2. The molecule has 210 valence electrons. The fourth-order valence-electron chi connectivity index (χ4n) is 7.26. The molecule has 0 saturated heterocycles. The van der Waals surface area contributed by atoms with Gasteiger partial charge in [0.25, 0.3) is 0 Å². The van der Waals surface area contributed by atoms with Crippen molar-refractivity contribution in [1.29, 1.82) is 0 Å². The van der Waals surface area contributed by atoms with Crippen LogP contribution >= 0.6 is 0 Å². The monoisotopic (exact) mass is 574 g/mol. The van der Waals surface area contributed by atoms with Crippen molar-refractivity contribution in [2.45, 2.75) is 0 Å². The van der Waals surface area contributed by atoms with E-state index in [0.29, 0.717) is 0 Å². The highest BCUT2D eigenvalue weighted by atomic mass is 15.3. The lowest BCUT2D eigenvalue weighted by Crippen LogP contribution is -2.14. The van der Waals surface area contributed by atoms with E-state index in [1.165, 1.54) is 43.7 Å². The van der Waals surface area contributed by atoms with Crippen LogP contribution in [0.1, 0.15) is 0 Å². The molecule has 0 atom stereocenters. The van der Waals surface area contributed by atoms with Gasteiger partial charge in [-0.15, -0.1) is 0 Å². The number of hydrogen-bond acceptors (Lipinski definition) is 2. The fourth-order valence-corrected chi connectivity index (χ4v) is 7.26. The van der Waals surface area contributed by atoms with Crippen molar-refractivity contribution in [3.8, 4) is 22.5 Å². The van der Waals surface area contributed by atoms with E-state index in [0.717, 1.165) is 39.7 Å². The summed E-state index contributed by atoms with van der Waals surface area (Å²) in [5.74, 6) is 0.872. The first-order valence-corrected chi connectivity index (χ1v) is 15.3. The third-order valence-electron chi connectivity index (χ3n) is 9.21. The lowest BCUT2D eigenvalue weighted by Gasteiger charge is -2.25. The van der Waals surface area contributed by atoms with E-state index in [4.69, 9.17) is 4.98 Å². The maximum atomic E-state index is 5.32. The molecule has 0 N–H and O–H groups in total. The summed E-state index contributed by atoms with van der Waals surface area (Å²) in [5, 5.41) is 4.93. The first-order chi connectivity index (χ1) is 22.3. The highest BCUT2D eigenvalue weighted by Gasteiger charge is 2.29. The molecule has 45 heavy (non-hydrogen) atoms. The molecule has 0 spiro atoms. The van der Waals surface area contributed by atoms with Crippen LogP contribution in [0.4, 0.5) is 17.3 Å². The number of para-hydroxylation sites is 5. The molecule has 7 aromatic carbocycles. The molecule has 0 amide bonds. The average molecular weight is 575 g/mol. The molecule has 10 rings (SSSR count). The van der Waals surface area contributed by atoms with Gasteiger partial charge in [0.2, 0.25) is 5.95 Å². The first-order valence-electron chi connectivity index (χ1n) is 15.3. The number of rotatable bonds is 2. The Morgan fingerprint density at radius 2 is 1.02 bits per heavy atom. The van der Waals surface area contributed by atoms with Gasteiger partial charge < -0.3 is 4.57 Å². The lowest BCUT2D eigenvalue weighted by atomic mass is 9.97. The number of anilines is 3. The summed E-state index contributed by atoms with van der Waals surface area (Å²) in [6, 6.07) is 56.6. The Bertz CT molecular complexity index is 2570. The quantitative estimate of drug-likeness (QED) is 0.205. The van der Waals surface area contributed by atoms with Gasteiger partial charge in [0, 0.05) is 27.6 Å². The Hall–Kier alpha value is -6.13. The highest BCUT2D eigenvalue weighted by molar-refractivity contribution is 6.09. The zero-order chi connectivity index (χ0) is 29.5. The smallest absolute Gasteiger partial charge is 0.220 e. The molecule has 0 radical (unpaired) electrons. The topological polar surface area (TPSA) is 26.0 Å². The number of nitrogens with zero attached hydrogens (tertiary/aromatic N) is 4. The van der Waals surface area contributed by atoms with Crippen molar-refractivity contribution in [2.24, 2.45) is 0 Å². The summed E-state index contributed by atoms with van der Waals surface area (Å²) in [6.07, 6.45) is 0. The second kappa shape index (κ2) is 9.18. The molecule has 9 aromatic rings. The Morgan fingerprint density at radius 1 is 0.400 bits per heavy atom. The van der Waals surface area contributed by atoms with Gasteiger partial charge in [0.1, 0.15) is 0 Å². The molecule has 0 unspecified atom stereocenters. The van der Waals surface area contributed by atoms with Crippen molar-refractivity contribution in [2.75, 3.05) is 4.90 Å². The van der Waals surface area contributed by atoms with Crippen LogP contribution in [0.25, 0.3) is 66.1 Å². The zero-order valence-electron chi connectivity index (χ0n) is 24.3. The van der Waals surface area contributed by atoms with E-state index < -0.39 is 0 Å². The predicted molar refractivity (Wildman–Crippen MR) is 187 cm³/mol. The van der Waals surface area contributed by atoms with Crippen LogP contribution in [0.2, 0.25) is 0 Å². The van der Waals surface area contributed by atoms with Crippen LogP contribution < -0.4 is 4.90 Å².